The summed E-state index contributed by atoms with van der Waals surface area (Å²) in [7, 11) is -8.63. The molecule has 1 aromatic heterocycles. The molecule has 0 aliphatic heterocycles. The van der Waals surface area contributed by atoms with Crippen LogP contribution in [0, 0.1) is 5.82 Å². The Morgan fingerprint density at radius 1 is 0.836 bits per heavy atom. The Morgan fingerprint density at radius 3 is 2.02 bits per heavy atom. The molecule has 0 spiro atoms. The molecule has 9 nitrogen and oxygen atoms in total. The van der Waals surface area contributed by atoms with Gasteiger partial charge in [-0.2, -0.15) is 0 Å². The lowest BCUT2D eigenvalue weighted by atomic mass is 9.98. The third-order valence-electron chi connectivity index (χ3n) is 9.38. The Bertz CT molecular complexity index is 2070. The van der Waals surface area contributed by atoms with Crippen molar-refractivity contribution < 1.29 is 43.9 Å². The van der Waals surface area contributed by atoms with Gasteiger partial charge in [0, 0.05) is 12.1 Å². The molecule has 4 rings (SSSR count). The van der Waals surface area contributed by atoms with E-state index in [1.165, 1.54) is 50.3 Å². The summed E-state index contributed by atoms with van der Waals surface area (Å²) in [5.74, 6) is -3.41. The van der Waals surface area contributed by atoms with E-state index in [1.807, 2.05) is 0 Å². The van der Waals surface area contributed by atoms with E-state index >= 15 is 0 Å². The van der Waals surface area contributed by atoms with Gasteiger partial charge < -0.3 is 10.1 Å². The summed E-state index contributed by atoms with van der Waals surface area (Å²) < 4.78 is 108. The van der Waals surface area contributed by atoms with Crippen molar-refractivity contribution in [2.45, 2.75) is 107 Å². The molecule has 1 unspecified atom stereocenters. The van der Waals surface area contributed by atoms with Crippen LogP contribution >= 0.6 is 11.3 Å². The SMILES string of the molecule is CCCCCCCCCCCCCCC(C(=O)NCCS(N)(=O)=O)(c1nc2ccc(-c3ccccc3F)cc2s1)S(=O)(=O)Cc1ccc(OC(F)(F)F)cc1. The Labute approximate surface area is 325 Å². The van der Waals surface area contributed by atoms with E-state index in [-0.39, 0.29) is 17.0 Å². The maximum absolute atomic E-state index is 14.8. The number of sulfonamides is 1. The minimum Gasteiger partial charge on any atom is -0.406 e. The topological polar surface area (TPSA) is 146 Å². The van der Waals surface area contributed by atoms with Gasteiger partial charge in [-0.25, -0.2) is 31.3 Å². The summed E-state index contributed by atoms with van der Waals surface area (Å²) in [6, 6.07) is 15.4. The van der Waals surface area contributed by atoms with Crippen molar-refractivity contribution in [3.8, 4) is 16.9 Å². The Morgan fingerprint density at radius 2 is 1.44 bits per heavy atom. The van der Waals surface area contributed by atoms with Crippen molar-refractivity contribution in [2.75, 3.05) is 12.3 Å². The molecule has 0 fully saturated rings. The molecule has 3 aromatic carbocycles. The lowest BCUT2D eigenvalue weighted by Crippen LogP contribution is -2.51. The molecule has 16 heteroatoms. The largest absolute Gasteiger partial charge is 0.573 e. The van der Waals surface area contributed by atoms with Crippen molar-refractivity contribution in [3.63, 3.8) is 0 Å². The highest BCUT2D eigenvalue weighted by Gasteiger charge is 2.54. The molecule has 3 N–H and O–H groups in total. The average molecular weight is 828 g/mol. The first-order valence-electron chi connectivity index (χ1n) is 18.6. The maximum atomic E-state index is 14.8. The van der Waals surface area contributed by atoms with E-state index in [0.717, 1.165) is 55.6 Å². The van der Waals surface area contributed by atoms with Crippen LogP contribution in [-0.2, 0) is 35.2 Å². The monoisotopic (exact) mass is 827 g/mol. The van der Waals surface area contributed by atoms with Gasteiger partial charge in [0.25, 0.3) is 0 Å². The van der Waals surface area contributed by atoms with Gasteiger partial charge >= 0.3 is 6.36 Å². The lowest BCUT2D eigenvalue weighted by molar-refractivity contribution is -0.274. The number of nitrogens with one attached hydrogen (secondary N) is 1. The number of sulfone groups is 1. The molecule has 0 saturated heterocycles. The molecule has 1 atom stereocenters. The Balaban J connectivity index is 1.68. The summed E-state index contributed by atoms with van der Waals surface area (Å²) in [6.07, 6.45) is 6.87. The number of halogens is 4. The second-order valence-electron chi connectivity index (χ2n) is 13.7. The number of aromatic nitrogens is 1. The summed E-state index contributed by atoms with van der Waals surface area (Å²) in [5.41, 5.74) is 1.27. The van der Waals surface area contributed by atoms with Gasteiger partial charge in [-0.3, -0.25) is 4.79 Å². The lowest BCUT2D eigenvalue weighted by Gasteiger charge is -2.30. The van der Waals surface area contributed by atoms with Crippen LogP contribution < -0.4 is 15.2 Å². The number of carbonyl (C=O) groups excluding carboxylic acids is 1. The second kappa shape index (κ2) is 20.0. The van der Waals surface area contributed by atoms with Crippen LogP contribution in [0.2, 0.25) is 0 Å². The smallest absolute Gasteiger partial charge is 0.406 e. The minimum atomic E-state index is -4.95. The second-order valence-corrected chi connectivity index (χ2v) is 18.7. The van der Waals surface area contributed by atoms with Crippen LogP contribution in [0.4, 0.5) is 17.6 Å². The fourth-order valence-corrected chi connectivity index (χ4v) is 10.5. The van der Waals surface area contributed by atoms with Gasteiger partial charge in [-0.15, -0.1) is 24.5 Å². The molecular formula is C39H49F4N3O6S3. The number of benzene rings is 3. The zero-order chi connectivity index (χ0) is 40.1. The molecule has 55 heavy (non-hydrogen) atoms. The van der Waals surface area contributed by atoms with Crippen LogP contribution in [0.25, 0.3) is 21.3 Å². The Hall–Kier alpha value is -3.60. The third kappa shape index (κ3) is 13.0. The fraction of sp³-hybridized carbons (Fsp3) is 0.487. The summed E-state index contributed by atoms with van der Waals surface area (Å²) >= 11 is 0.955. The van der Waals surface area contributed by atoms with Crippen LogP contribution in [0.3, 0.4) is 0 Å². The van der Waals surface area contributed by atoms with Crippen molar-refractivity contribution in [3.05, 3.63) is 83.1 Å². The normalized spacial score (nSPS) is 13.5. The number of rotatable bonds is 23. The number of thiazole rings is 1. The number of primary sulfonamides is 1. The van der Waals surface area contributed by atoms with E-state index in [9.17, 15) is 39.2 Å². The van der Waals surface area contributed by atoms with Gasteiger partial charge in [0.2, 0.25) is 20.7 Å². The quantitative estimate of drug-likeness (QED) is 0.0560. The molecule has 1 amide bonds. The van der Waals surface area contributed by atoms with E-state index in [0.29, 0.717) is 34.2 Å². The molecule has 0 saturated carbocycles. The first kappa shape index (κ1) is 44.1. The van der Waals surface area contributed by atoms with Gasteiger partial charge in [-0.1, -0.05) is 120 Å². The van der Waals surface area contributed by atoms with E-state index < -0.39 is 66.5 Å². The molecule has 1 heterocycles. The molecule has 4 aromatic rings. The zero-order valence-corrected chi connectivity index (χ0v) is 33.3. The maximum Gasteiger partial charge on any atom is 0.573 e. The van der Waals surface area contributed by atoms with E-state index in [1.54, 1.807) is 36.4 Å². The highest BCUT2D eigenvalue weighted by Crippen LogP contribution is 2.43. The number of nitrogens with two attached hydrogens (primary N) is 1. The molecule has 0 bridgehead atoms. The molecule has 302 valence electrons. The molecule has 0 aliphatic carbocycles. The van der Waals surface area contributed by atoms with Crippen LogP contribution in [0.1, 0.15) is 101 Å². The molecular weight excluding hydrogens is 779 g/mol. The number of unbranched alkanes of at least 4 members (excludes halogenated alkanes) is 11. The Kier molecular flexibility index (Phi) is 16.1. The number of ether oxygens (including phenoxy) is 1. The number of nitrogens with zero attached hydrogens (tertiary/aromatic N) is 1. The van der Waals surface area contributed by atoms with E-state index in [2.05, 4.69) is 22.0 Å². The molecule has 0 aliphatic rings. The van der Waals surface area contributed by atoms with Gasteiger partial charge in [0.05, 0.1) is 21.7 Å². The van der Waals surface area contributed by atoms with Crippen molar-refractivity contribution >= 4 is 47.3 Å². The van der Waals surface area contributed by atoms with Crippen molar-refractivity contribution in [1.82, 2.24) is 10.3 Å². The third-order valence-corrected chi connectivity index (χ3v) is 13.8. The number of carbonyl (C=O) groups is 1. The van der Waals surface area contributed by atoms with Crippen molar-refractivity contribution in [2.24, 2.45) is 5.14 Å². The molecule has 0 radical (unpaired) electrons. The van der Waals surface area contributed by atoms with Crippen LogP contribution in [0.5, 0.6) is 5.75 Å². The van der Waals surface area contributed by atoms with E-state index in [4.69, 9.17) is 5.14 Å². The zero-order valence-electron chi connectivity index (χ0n) is 30.9. The number of fused-ring (bicyclic) bond motifs is 1. The minimum absolute atomic E-state index is 0.0682. The number of alkyl halides is 3. The van der Waals surface area contributed by atoms with Gasteiger partial charge in [-0.05, 0) is 47.9 Å². The number of hydrogen-bond acceptors (Lipinski definition) is 8. The van der Waals surface area contributed by atoms with Crippen LogP contribution in [0.15, 0.2) is 66.7 Å². The summed E-state index contributed by atoms with van der Waals surface area (Å²) in [5, 5.41) is 7.59. The fourth-order valence-electron chi connectivity index (χ4n) is 6.50. The predicted octanol–water partition coefficient (Wildman–Crippen LogP) is 9.31. The standard InChI is InChI=1S/C39H49F4N3O6S3/c1-2-3-4-5-6-7-8-9-10-11-12-15-24-38(36(47)45-25-26-55(44,50)51,54(48,49)28-29-18-21-31(22-19-29)52-39(41,42)43)37-46-34-23-20-30(27-35(34)53-37)32-16-13-14-17-33(32)40/h13-14,16-23,27H,2-12,15,24-26,28H2,1H3,(H,45,47)(H2,44,50,51). The first-order valence-corrected chi connectivity index (χ1v) is 22.7. The van der Waals surface area contributed by atoms with Gasteiger partial charge in [0.1, 0.15) is 16.6 Å². The summed E-state index contributed by atoms with van der Waals surface area (Å²) in [4.78, 5) is 19.0. The highest BCUT2D eigenvalue weighted by molar-refractivity contribution is 7.92. The number of amides is 1. The highest BCUT2D eigenvalue weighted by atomic mass is 32.2. The van der Waals surface area contributed by atoms with Gasteiger partial charge in [0.15, 0.2) is 9.84 Å². The van der Waals surface area contributed by atoms with Crippen LogP contribution in [-0.4, -0.2) is 46.4 Å². The number of hydrogen-bond donors (Lipinski definition) is 2. The van der Waals surface area contributed by atoms with Crippen molar-refractivity contribution in [1.29, 1.82) is 0 Å². The predicted molar refractivity (Wildman–Crippen MR) is 209 cm³/mol. The first-order chi connectivity index (χ1) is 26.0. The summed E-state index contributed by atoms with van der Waals surface area (Å²) in [6.45, 7) is 1.71. The average Bonchev–Trinajstić information content (AvgIpc) is 3.53.